The van der Waals surface area contributed by atoms with Crippen molar-refractivity contribution in [2.45, 2.75) is 38.6 Å². The van der Waals surface area contributed by atoms with Gasteiger partial charge in [0.2, 0.25) is 0 Å². The molecule has 0 atom stereocenters. The van der Waals surface area contributed by atoms with E-state index in [0.717, 1.165) is 25.7 Å². The Morgan fingerprint density at radius 1 is 1.44 bits per heavy atom. The summed E-state index contributed by atoms with van der Waals surface area (Å²) >= 11 is 3.24. The average molecular weight is 343 g/mol. The summed E-state index contributed by atoms with van der Waals surface area (Å²) in [4.78, 5) is 11.2. The first-order valence-corrected chi connectivity index (χ1v) is 8.59. The van der Waals surface area contributed by atoms with E-state index in [1.54, 1.807) is 6.92 Å². The number of carbonyl (C=O) groups excluding carboxylic acids is 1. The zero-order valence-electron chi connectivity index (χ0n) is 10.4. The van der Waals surface area contributed by atoms with Crippen molar-refractivity contribution in [3.63, 3.8) is 0 Å². The first kappa shape index (κ1) is 15.7. The normalized spacial score (nSPS) is 17.1. The van der Waals surface area contributed by atoms with Crippen molar-refractivity contribution in [2.75, 3.05) is 18.5 Å². The van der Waals surface area contributed by atoms with Crippen molar-refractivity contribution in [2.24, 2.45) is 0 Å². The molecule has 0 radical (unpaired) electrons. The second-order valence-electron chi connectivity index (χ2n) is 4.07. The quantitative estimate of drug-likeness (QED) is 0.744. The van der Waals surface area contributed by atoms with Gasteiger partial charge >= 0.3 is 16.3 Å². The first-order chi connectivity index (χ1) is 8.51. The third kappa shape index (κ3) is 4.40. The van der Waals surface area contributed by atoms with E-state index in [1.165, 1.54) is 4.31 Å². The maximum absolute atomic E-state index is 12.1. The topological polar surface area (TPSA) is 75.7 Å². The fourth-order valence-corrected chi connectivity index (χ4v) is 4.04. The van der Waals surface area contributed by atoms with Gasteiger partial charge in [0.1, 0.15) is 0 Å². The lowest BCUT2D eigenvalue weighted by Gasteiger charge is -2.26. The van der Waals surface area contributed by atoms with Gasteiger partial charge < -0.3 is 4.74 Å². The van der Waals surface area contributed by atoms with Crippen LogP contribution >= 0.6 is 15.9 Å². The number of carbonyl (C=O) groups is 1. The number of hydrogen-bond acceptors (Lipinski definition) is 4. The SMILES string of the molecule is CCOC(=O)NS(=O)(=O)N(CCBr)C1CCCC1. The van der Waals surface area contributed by atoms with Crippen LogP contribution in [0.5, 0.6) is 0 Å². The van der Waals surface area contributed by atoms with Gasteiger partial charge in [0, 0.05) is 17.9 Å². The minimum atomic E-state index is -3.81. The highest BCUT2D eigenvalue weighted by molar-refractivity contribution is 9.09. The maximum Gasteiger partial charge on any atom is 0.421 e. The summed E-state index contributed by atoms with van der Waals surface area (Å²) < 4.78 is 32.1. The second-order valence-corrected chi connectivity index (χ2v) is 6.48. The summed E-state index contributed by atoms with van der Waals surface area (Å²) in [6, 6.07) is -0.0190. The van der Waals surface area contributed by atoms with Crippen molar-refractivity contribution in [1.82, 2.24) is 9.03 Å². The second kappa shape index (κ2) is 7.30. The number of amides is 1. The Morgan fingerprint density at radius 3 is 2.56 bits per heavy atom. The van der Waals surface area contributed by atoms with E-state index < -0.39 is 16.3 Å². The minimum absolute atomic E-state index is 0.0190. The summed E-state index contributed by atoms with van der Waals surface area (Å²) in [6.45, 7) is 2.11. The monoisotopic (exact) mass is 342 g/mol. The number of nitrogens with zero attached hydrogens (tertiary/aromatic N) is 1. The molecule has 1 rings (SSSR count). The van der Waals surface area contributed by atoms with Crippen LogP contribution in [0.3, 0.4) is 0 Å². The fourth-order valence-electron chi connectivity index (χ4n) is 2.10. The van der Waals surface area contributed by atoms with Crippen LogP contribution in [0.15, 0.2) is 0 Å². The van der Waals surface area contributed by atoms with Crippen LogP contribution in [-0.2, 0) is 14.9 Å². The van der Waals surface area contributed by atoms with Gasteiger partial charge in [-0.05, 0) is 19.8 Å². The number of halogens is 1. The molecule has 0 aromatic rings. The molecule has 106 valence electrons. The van der Waals surface area contributed by atoms with Crippen LogP contribution < -0.4 is 4.72 Å². The fraction of sp³-hybridized carbons (Fsp3) is 0.900. The number of alkyl halides is 1. The summed E-state index contributed by atoms with van der Waals surface area (Å²) in [5.41, 5.74) is 0. The molecule has 0 heterocycles. The number of rotatable bonds is 6. The molecular formula is C10H19BrN2O4S. The van der Waals surface area contributed by atoms with Crippen molar-refractivity contribution in [3.05, 3.63) is 0 Å². The molecule has 0 unspecified atom stereocenters. The van der Waals surface area contributed by atoms with Gasteiger partial charge in [0.15, 0.2) is 0 Å². The zero-order valence-corrected chi connectivity index (χ0v) is 12.8. The Morgan fingerprint density at radius 2 is 2.06 bits per heavy atom. The van der Waals surface area contributed by atoms with Crippen LogP contribution in [0, 0.1) is 0 Å². The van der Waals surface area contributed by atoms with E-state index in [2.05, 4.69) is 20.7 Å². The molecule has 0 aliphatic heterocycles. The van der Waals surface area contributed by atoms with Crippen molar-refractivity contribution in [3.8, 4) is 0 Å². The zero-order chi connectivity index (χ0) is 13.6. The van der Waals surface area contributed by atoms with E-state index in [-0.39, 0.29) is 12.6 Å². The molecule has 0 saturated heterocycles. The van der Waals surface area contributed by atoms with Crippen molar-refractivity contribution >= 4 is 32.2 Å². The molecule has 0 spiro atoms. The van der Waals surface area contributed by atoms with E-state index in [9.17, 15) is 13.2 Å². The summed E-state index contributed by atoms with van der Waals surface area (Å²) in [6.07, 6.45) is 2.82. The van der Waals surface area contributed by atoms with E-state index in [0.29, 0.717) is 11.9 Å². The third-order valence-corrected chi connectivity index (χ3v) is 4.71. The van der Waals surface area contributed by atoms with Crippen LogP contribution in [-0.4, -0.2) is 43.3 Å². The van der Waals surface area contributed by atoms with Gasteiger partial charge in [-0.1, -0.05) is 28.8 Å². The summed E-state index contributed by atoms with van der Waals surface area (Å²) in [7, 11) is -3.81. The molecule has 1 saturated carbocycles. The average Bonchev–Trinajstić information content (AvgIpc) is 2.78. The van der Waals surface area contributed by atoms with Gasteiger partial charge in [-0.2, -0.15) is 12.7 Å². The summed E-state index contributed by atoms with van der Waals surface area (Å²) in [5.74, 6) is 0. The van der Waals surface area contributed by atoms with Crippen LogP contribution in [0.4, 0.5) is 4.79 Å². The minimum Gasteiger partial charge on any atom is -0.449 e. The molecule has 0 aromatic carbocycles. The summed E-state index contributed by atoms with van der Waals surface area (Å²) in [5, 5.41) is 0.535. The van der Waals surface area contributed by atoms with E-state index in [1.807, 2.05) is 4.72 Å². The molecule has 1 fully saturated rings. The maximum atomic E-state index is 12.1. The van der Waals surface area contributed by atoms with E-state index >= 15 is 0 Å². The highest BCUT2D eigenvalue weighted by Gasteiger charge is 2.32. The molecule has 1 N–H and O–H groups in total. The smallest absolute Gasteiger partial charge is 0.421 e. The van der Waals surface area contributed by atoms with Gasteiger partial charge in [-0.25, -0.2) is 9.52 Å². The molecule has 18 heavy (non-hydrogen) atoms. The lowest BCUT2D eigenvalue weighted by atomic mass is 10.2. The Labute approximate surface area is 116 Å². The predicted octanol–water partition coefficient (Wildman–Crippen LogP) is 1.62. The van der Waals surface area contributed by atoms with E-state index in [4.69, 9.17) is 0 Å². The number of hydrogen-bond donors (Lipinski definition) is 1. The largest absolute Gasteiger partial charge is 0.449 e. The Bertz CT molecular complexity index is 368. The Hall–Kier alpha value is -0.340. The van der Waals surface area contributed by atoms with Crippen LogP contribution in [0.25, 0.3) is 0 Å². The molecular weight excluding hydrogens is 324 g/mol. The van der Waals surface area contributed by atoms with Gasteiger partial charge in [-0.15, -0.1) is 0 Å². The van der Waals surface area contributed by atoms with Gasteiger partial charge in [0.25, 0.3) is 0 Å². The standard InChI is InChI=1S/C10H19BrN2O4S/c1-2-17-10(14)12-18(15,16)13(8-7-11)9-5-3-4-6-9/h9H,2-8H2,1H3,(H,12,14). The van der Waals surface area contributed by atoms with Crippen LogP contribution in [0.2, 0.25) is 0 Å². The molecule has 0 aromatic heterocycles. The number of ether oxygens (including phenoxy) is 1. The molecule has 6 nitrogen and oxygen atoms in total. The Balaban J connectivity index is 2.72. The lowest BCUT2D eigenvalue weighted by molar-refractivity contribution is 0.157. The molecule has 8 heteroatoms. The first-order valence-electron chi connectivity index (χ1n) is 6.03. The van der Waals surface area contributed by atoms with Crippen molar-refractivity contribution in [1.29, 1.82) is 0 Å². The lowest BCUT2D eigenvalue weighted by Crippen LogP contribution is -2.48. The molecule has 1 aliphatic rings. The molecule has 0 bridgehead atoms. The van der Waals surface area contributed by atoms with Gasteiger partial charge in [-0.3, -0.25) is 0 Å². The molecule has 1 aliphatic carbocycles. The highest BCUT2D eigenvalue weighted by atomic mass is 79.9. The highest BCUT2D eigenvalue weighted by Crippen LogP contribution is 2.25. The van der Waals surface area contributed by atoms with Gasteiger partial charge in [0.05, 0.1) is 6.61 Å². The number of nitrogens with one attached hydrogen (secondary N) is 1. The van der Waals surface area contributed by atoms with Crippen molar-refractivity contribution < 1.29 is 17.9 Å². The predicted molar refractivity (Wildman–Crippen MR) is 71.8 cm³/mol. The molecule has 1 amide bonds. The van der Waals surface area contributed by atoms with Crippen LogP contribution in [0.1, 0.15) is 32.6 Å². The third-order valence-electron chi connectivity index (χ3n) is 2.83. The Kier molecular flexibility index (Phi) is 6.37.